The van der Waals surface area contributed by atoms with Crippen LogP contribution < -0.4 is 5.32 Å². The SMILES string of the molecule is N#Cc1cc(Br)cc(Nc2ccc(Br)c(F)c2)c1. The molecular weight excluding hydrogens is 363 g/mol. The zero-order valence-corrected chi connectivity index (χ0v) is 12.2. The first kappa shape index (κ1) is 13.1. The maximum absolute atomic E-state index is 13.4. The second-order valence-corrected chi connectivity index (χ2v) is 5.36. The average molecular weight is 370 g/mol. The van der Waals surface area contributed by atoms with Crippen molar-refractivity contribution in [2.24, 2.45) is 0 Å². The van der Waals surface area contributed by atoms with Crippen LogP contribution in [0, 0.1) is 17.1 Å². The fourth-order valence-corrected chi connectivity index (χ4v) is 2.21. The molecule has 5 heteroatoms. The van der Waals surface area contributed by atoms with Crippen LogP contribution in [0.15, 0.2) is 45.3 Å². The summed E-state index contributed by atoms with van der Waals surface area (Å²) in [5.41, 5.74) is 1.88. The van der Waals surface area contributed by atoms with Gasteiger partial charge in [0.1, 0.15) is 5.82 Å². The second-order valence-electron chi connectivity index (χ2n) is 3.59. The number of anilines is 2. The summed E-state index contributed by atoms with van der Waals surface area (Å²) < 4.78 is 14.6. The number of nitriles is 1. The van der Waals surface area contributed by atoms with Crippen LogP contribution in [0.2, 0.25) is 0 Å². The van der Waals surface area contributed by atoms with Gasteiger partial charge in [0.05, 0.1) is 16.1 Å². The van der Waals surface area contributed by atoms with E-state index >= 15 is 0 Å². The minimum absolute atomic E-state index is 0.337. The molecule has 2 rings (SSSR count). The predicted octanol–water partition coefficient (Wildman–Crippen LogP) is 4.97. The van der Waals surface area contributed by atoms with Crippen LogP contribution in [-0.4, -0.2) is 0 Å². The Balaban J connectivity index is 2.31. The van der Waals surface area contributed by atoms with E-state index in [0.717, 1.165) is 10.2 Å². The van der Waals surface area contributed by atoms with Crippen LogP contribution in [-0.2, 0) is 0 Å². The number of nitrogens with one attached hydrogen (secondary N) is 1. The minimum atomic E-state index is -0.337. The van der Waals surface area contributed by atoms with Gasteiger partial charge in [-0.2, -0.15) is 5.26 Å². The summed E-state index contributed by atoms with van der Waals surface area (Å²) in [7, 11) is 0. The molecule has 0 saturated heterocycles. The lowest BCUT2D eigenvalue weighted by atomic mass is 10.2. The van der Waals surface area contributed by atoms with Crippen molar-refractivity contribution in [1.82, 2.24) is 0 Å². The van der Waals surface area contributed by atoms with Gasteiger partial charge in [0.15, 0.2) is 0 Å². The van der Waals surface area contributed by atoms with Crippen LogP contribution in [0.25, 0.3) is 0 Å². The smallest absolute Gasteiger partial charge is 0.139 e. The maximum Gasteiger partial charge on any atom is 0.139 e. The number of nitrogens with zero attached hydrogens (tertiary/aromatic N) is 1. The molecule has 18 heavy (non-hydrogen) atoms. The van der Waals surface area contributed by atoms with Gasteiger partial charge in [-0.25, -0.2) is 4.39 Å². The predicted molar refractivity (Wildman–Crippen MR) is 76.2 cm³/mol. The summed E-state index contributed by atoms with van der Waals surface area (Å²) in [5, 5.41) is 11.9. The monoisotopic (exact) mass is 368 g/mol. The lowest BCUT2D eigenvalue weighted by Gasteiger charge is -2.08. The van der Waals surface area contributed by atoms with Crippen LogP contribution in [0.1, 0.15) is 5.56 Å². The molecule has 0 bridgehead atoms. The minimum Gasteiger partial charge on any atom is -0.355 e. The van der Waals surface area contributed by atoms with E-state index in [4.69, 9.17) is 5.26 Å². The summed E-state index contributed by atoms with van der Waals surface area (Å²) in [6, 6.07) is 12.1. The molecule has 1 N–H and O–H groups in total. The van der Waals surface area contributed by atoms with Crippen molar-refractivity contribution in [3.63, 3.8) is 0 Å². The van der Waals surface area contributed by atoms with Crippen LogP contribution in [0.5, 0.6) is 0 Å². The van der Waals surface area contributed by atoms with Crippen molar-refractivity contribution < 1.29 is 4.39 Å². The first-order valence-corrected chi connectivity index (χ1v) is 6.60. The molecule has 0 unspecified atom stereocenters. The second kappa shape index (κ2) is 5.51. The van der Waals surface area contributed by atoms with Gasteiger partial charge in [-0.05, 0) is 52.3 Å². The quantitative estimate of drug-likeness (QED) is 0.811. The summed E-state index contributed by atoms with van der Waals surface area (Å²) in [4.78, 5) is 0. The Morgan fingerprint density at radius 2 is 1.83 bits per heavy atom. The average Bonchev–Trinajstić information content (AvgIpc) is 2.33. The third-order valence-electron chi connectivity index (χ3n) is 2.24. The normalized spacial score (nSPS) is 9.89. The molecule has 0 aromatic heterocycles. The molecule has 90 valence electrons. The lowest BCUT2D eigenvalue weighted by Crippen LogP contribution is -1.92. The van der Waals surface area contributed by atoms with Gasteiger partial charge >= 0.3 is 0 Å². The van der Waals surface area contributed by atoms with Crippen molar-refractivity contribution in [3.05, 3.63) is 56.7 Å². The van der Waals surface area contributed by atoms with E-state index in [1.165, 1.54) is 6.07 Å². The van der Waals surface area contributed by atoms with E-state index < -0.39 is 0 Å². The number of hydrogen-bond acceptors (Lipinski definition) is 2. The standard InChI is InChI=1S/C13H7Br2FN2/c14-9-3-8(7-17)4-11(5-9)18-10-1-2-12(15)13(16)6-10/h1-6,18H. The Labute approximate surface area is 121 Å². The van der Waals surface area contributed by atoms with E-state index in [1.807, 2.05) is 6.07 Å². The van der Waals surface area contributed by atoms with Crippen LogP contribution in [0.3, 0.4) is 0 Å². The third-order valence-corrected chi connectivity index (χ3v) is 3.34. The first-order chi connectivity index (χ1) is 8.58. The lowest BCUT2D eigenvalue weighted by molar-refractivity contribution is 0.622. The molecule has 0 aliphatic carbocycles. The fourth-order valence-electron chi connectivity index (χ4n) is 1.47. The Kier molecular flexibility index (Phi) is 4.00. The molecule has 0 spiro atoms. The van der Waals surface area contributed by atoms with E-state index in [2.05, 4.69) is 43.2 Å². The molecule has 0 heterocycles. The summed E-state index contributed by atoms with van der Waals surface area (Å²) >= 11 is 6.42. The molecule has 0 fully saturated rings. The summed E-state index contributed by atoms with van der Waals surface area (Å²) in [6.07, 6.45) is 0. The Morgan fingerprint density at radius 1 is 1.06 bits per heavy atom. The highest BCUT2D eigenvalue weighted by Gasteiger charge is 2.03. The highest BCUT2D eigenvalue weighted by molar-refractivity contribution is 9.10. The Bertz CT molecular complexity index is 635. The molecule has 2 aromatic carbocycles. The highest BCUT2D eigenvalue weighted by Crippen LogP contribution is 2.25. The van der Waals surface area contributed by atoms with Gasteiger partial charge in [0.2, 0.25) is 0 Å². The number of halogens is 3. The van der Waals surface area contributed by atoms with Gasteiger partial charge in [0, 0.05) is 15.8 Å². The molecule has 0 aliphatic heterocycles. The first-order valence-electron chi connectivity index (χ1n) is 5.01. The van der Waals surface area contributed by atoms with Gasteiger partial charge in [-0.3, -0.25) is 0 Å². The van der Waals surface area contributed by atoms with E-state index in [0.29, 0.717) is 15.7 Å². The summed E-state index contributed by atoms with van der Waals surface area (Å²) in [6.45, 7) is 0. The van der Waals surface area contributed by atoms with Gasteiger partial charge in [0.25, 0.3) is 0 Å². The van der Waals surface area contributed by atoms with Gasteiger partial charge in [-0.15, -0.1) is 0 Å². The molecule has 0 atom stereocenters. The van der Waals surface area contributed by atoms with Gasteiger partial charge < -0.3 is 5.32 Å². The number of hydrogen-bond donors (Lipinski definition) is 1. The highest BCUT2D eigenvalue weighted by atomic mass is 79.9. The van der Waals surface area contributed by atoms with E-state index in [9.17, 15) is 4.39 Å². The number of rotatable bonds is 2. The summed E-state index contributed by atoms with van der Waals surface area (Å²) in [5.74, 6) is -0.337. The molecule has 2 nitrogen and oxygen atoms in total. The van der Waals surface area contributed by atoms with Crippen molar-refractivity contribution in [3.8, 4) is 6.07 Å². The van der Waals surface area contributed by atoms with Crippen molar-refractivity contribution >= 4 is 43.2 Å². The Morgan fingerprint density at radius 3 is 2.50 bits per heavy atom. The maximum atomic E-state index is 13.4. The van der Waals surface area contributed by atoms with E-state index in [-0.39, 0.29) is 5.82 Å². The fraction of sp³-hybridized carbons (Fsp3) is 0. The molecule has 0 aliphatic rings. The molecule has 2 aromatic rings. The Hall–Kier alpha value is -1.38. The van der Waals surface area contributed by atoms with E-state index in [1.54, 1.807) is 24.3 Å². The molecule has 0 saturated carbocycles. The van der Waals surface area contributed by atoms with Crippen molar-refractivity contribution in [2.45, 2.75) is 0 Å². The molecule has 0 amide bonds. The topological polar surface area (TPSA) is 35.8 Å². The van der Waals surface area contributed by atoms with Crippen molar-refractivity contribution in [2.75, 3.05) is 5.32 Å². The molecular formula is C13H7Br2FN2. The zero-order chi connectivity index (χ0) is 13.1. The van der Waals surface area contributed by atoms with Crippen molar-refractivity contribution in [1.29, 1.82) is 5.26 Å². The van der Waals surface area contributed by atoms with Crippen LogP contribution in [0.4, 0.5) is 15.8 Å². The van der Waals surface area contributed by atoms with Gasteiger partial charge in [-0.1, -0.05) is 15.9 Å². The third kappa shape index (κ3) is 3.09. The van der Waals surface area contributed by atoms with Crippen LogP contribution >= 0.6 is 31.9 Å². The zero-order valence-electron chi connectivity index (χ0n) is 9.05. The molecule has 0 radical (unpaired) electrons. The largest absolute Gasteiger partial charge is 0.355 e. The number of benzene rings is 2.